The summed E-state index contributed by atoms with van der Waals surface area (Å²) in [4.78, 5) is 19.4. The fourth-order valence-corrected chi connectivity index (χ4v) is 3.79. The second-order valence-corrected chi connectivity index (χ2v) is 7.23. The molecular formula is C23H31N3O2. The van der Waals surface area contributed by atoms with Gasteiger partial charge in [0.1, 0.15) is 5.75 Å². The molecule has 1 aliphatic heterocycles. The fraction of sp³-hybridized carbons (Fsp3) is 0.435. The van der Waals surface area contributed by atoms with Crippen LogP contribution in [0.2, 0.25) is 0 Å². The van der Waals surface area contributed by atoms with E-state index >= 15 is 0 Å². The molecule has 1 saturated heterocycles. The Kier molecular flexibility index (Phi) is 6.93. The van der Waals surface area contributed by atoms with E-state index in [2.05, 4.69) is 34.9 Å². The third-order valence-electron chi connectivity index (χ3n) is 5.37. The van der Waals surface area contributed by atoms with Crippen molar-refractivity contribution in [2.75, 3.05) is 56.2 Å². The fourth-order valence-electron chi connectivity index (χ4n) is 3.79. The Morgan fingerprint density at radius 3 is 2.50 bits per heavy atom. The van der Waals surface area contributed by atoms with Crippen molar-refractivity contribution >= 4 is 17.3 Å². The highest BCUT2D eigenvalue weighted by molar-refractivity contribution is 5.93. The SMILES string of the molecule is CCN(C(=O)CCN1CCN(c2ccccc2OC)CC1)c1cccc(C)c1. The number of anilines is 2. The molecule has 1 amide bonds. The van der Waals surface area contributed by atoms with Gasteiger partial charge in [-0.3, -0.25) is 9.69 Å². The molecule has 1 aliphatic rings. The molecule has 0 N–H and O–H groups in total. The Labute approximate surface area is 168 Å². The monoisotopic (exact) mass is 381 g/mol. The summed E-state index contributed by atoms with van der Waals surface area (Å²) in [6, 6.07) is 16.3. The lowest BCUT2D eigenvalue weighted by Crippen LogP contribution is -2.47. The first-order chi connectivity index (χ1) is 13.6. The van der Waals surface area contributed by atoms with E-state index in [4.69, 9.17) is 4.74 Å². The highest BCUT2D eigenvalue weighted by Gasteiger charge is 2.21. The van der Waals surface area contributed by atoms with Crippen molar-refractivity contribution < 1.29 is 9.53 Å². The van der Waals surface area contributed by atoms with E-state index in [9.17, 15) is 4.79 Å². The van der Waals surface area contributed by atoms with Gasteiger partial charge in [0.2, 0.25) is 5.91 Å². The van der Waals surface area contributed by atoms with Gasteiger partial charge in [-0.05, 0) is 43.7 Å². The molecule has 150 valence electrons. The Bertz CT molecular complexity index is 785. The van der Waals surface area contributed by atoms with Crippen LogP contribution in [0.3, 0.4) is 0 Å². The van der Waals surface area contributed by atoms with Gasteiger partial charge in [-0.25, -0.2) is 0 Å². The van der Waals surface area contributed by atoms with Crippen LogP contribution in [0.5, 0.6) is 5.75 Å². The first kappa shape index (κ1) is 20.2. The lowest BCUT2D eigenvalue weighted by molar-refractivity contribution is -0.118. The molecule has 0 spiro atoms. The quantitative estimate of drug-likeness (QED) is 0.735. The van der Waals surface area contributed by atoms with Crippen molar-refractivity contribution in [2.24, 2.45) is 0 Å². The third-order valence-corrected chi connectivity index (χ3v) is 5.37. The van der Waals surface area contributed by atoms with Crippen molar-refractivity contribution in [3.63, 3.8) is 0 Å². The molecule has 1 fully saturated rings. The van der Waals surface area contributed by atoms with E-state index in [0.717, 1.165) is 49.8 Å². The van der Waals surface area contributed by atoms with Crippen molar-refractivity contribution in [3.05, 3.63) is 54.1 Å². The average Bonchev–Trinajstić information content (AvgIpc) is 2.73. The number of hydrogen-bond donors (Lipinski definition) is 0. The second kappa shape index (κ2) is 9.60. The number of ether oxygens (including phenoxy) is 1. The number of methoxy groups -OCH3 is 1. The number of para-hydroxylation sites is 2. The molecule has 0 aromatic heterocycles. The lowest BCUT2D eigenvalue weighted by Gasteiger charge is -2.36. The molecule has 0 atom stereocenters. The summed E-state index contributed by atoms with van der Waals surface area (Å²) >= 11 is 0. The van der Waals surface area contributed by atoms with Crippen LogP contribution in [0.4, 0.5) is 11.4 Å². The van der Waals surface area contributed by atoms with Crippen LogP contribution < -0.4 is 14.5 Å². The van der Waals surface area contributed by atoms with Crippen LogP contribution in [0.15, 0.2) is 48.5 Å². The Morgan fingerprint density at radius 2 is 1.82 bits per heavy atom. The highest BCUT2D eigenvalue weighted by Crippen LogP contribution is 2.28. The maximum absolute atomic E-state index is 12.8. The smallest absolute Gasteiger partial charge is 0.228 e. The van der Waals surface area contributed by atoms with Crippen molar-refractivity contribution in [1.82, 2.24) is 4.90 Å². The van der Waals surface area contributed by atoms with E-state index in [1.165, 1.54) is 5.56 Å². The van der Waals surface area contributed by atoms with Gasteiger partial charge in [-0.2, -0.15) is 0 Å². The maximum Gasteiger partial charge on any atom is 0.228 e. The predicted molar refractivity (Wildman–Crippen MR) is 115 cm³/mol. The summed E-state index contributed by atoms with van der Waals surface area (Å²) < 4.78 is 5.49. The highest BCUT2D eigenvalue weighted by atomic mass is 16.5. The Morgan fingerprint density at radius 1 is 1.07 bits per heavy atom. The van der Waals surface area contributed by atoms with Gasteiger partial charge in [-0.1, -0.05) is 24.3 Å². The number of hydrogen-bond acceptors (Lipinski definition) is 4. The summed E-state index contributed by atoms with van der Waals surface area (Å²) in [5, 5.41) is 0. The third kappa shape index (κ3) is 4.84. The van der Waals surface area contributed by atoms with E-state index in [1.54, 1.807) is 7.11 Å². The van der Waals surface area contributed by atoms with Gasteiger partial charge in [0.15, 0.2) is 0 Å². The van der Waals surface area contributed by atoms with Crippen LogP contribution in [0.25, 0.3) is 0 Å². The average molecular weight is 382 g/mol. The van der Waals surface area contributed by atoms with E-state index in [1.807, 2.05) is 42.2 Å². The Hall–Kier alpha value is -2.53. The van der Waals surface area contributed by atoms with Crippen LogP contribution in [-0.2, 0) is 4.79 Å². The van der Waals surface area contributed by atoms with Crippen LogP contribution in [0.1, 0.15) is 18.9 Å². The van der Waals surface area contributed by atoms with E-state index in [-0.39, 0.29) is 5.91 Å². The molecular weight excluding hydrogens is 350 g/mol. The number of amides is 1. The molecule has 3 rings (SSSR count). The molecule has 0 unspecified atom stereocenters. The topological polar surface area (TPSA) is 36.0 Å². The molecule has 2 aromatic carbocycles. The van der Waals surface area contributed by atoms with Crippen molar-refractivity contribution in [3.8, 4) is 5.75 Å². The molecule has 2 aromatic rings. The summed E-state index contributed by atoms with van der Waals surface area (Å²) in [6.07, 6.45) is 0.552. The minimum atomic E-state index is 0.195. The minimum absolute atomic E-state index is 0.195. The molecule has 1 heterocycles. The van der Waals surface area contributed by atoms with Gasteiger partial charge in [0.05, 0.1) is 12.8 Å². The van der Waals surface area contributed by atoms with Crippen LogP contribution in [-0.4, -0.2) is 57.2 Å². The normalized spacial score (nSPS) is 14.8. The predicted octanol–water partition coefficient (Wildman–Crippen LogP) is 3.57. The van der Waals surface area contributed by atoms with Crippen molar-refractivity contribution in [1.29, 1.82) is 0 Å². The van der Waals surface area contributed by atoms with Gasteiger partial charge >= 0.3 is 0 Å². The molecule has 5 heteroatoms. The molecule has 28 heavy (non-hydrogen) atoms. The lowest BCUT2D eigenvalue weighted by atomic mass is 10.2. The molecule has 0 aliphatic carbocycles. The van der Waals surface area contributed by atoms with Gasteiger partial charge in [-0.15, -0.1) is 0 Å². The second-order valence-electron chi connectivity index (χ2n) is 7.23. The largest absolute Gasteiger partial charge is 0.495 e. The van der Waals surface area contributed by atoms with Gasteiger partial charge in [0, 0.05) is 51.4 Å². The van der Waals surface area contributed by atoms with E-state index < -0.39 is 0 Å². The van der Waals surface area contributed by atoms with Crippen LogP contribution >= 0.6 is 0 Å². The molecule has 0 bridgehead atoms. The Balaban J connectivity index is 1.51. The standard InChI is InChI=1S/C23H31N3O2/c1-4-26(20-9-7-8-19(2)18-20)23(27)12-13-24-14-16-25(17-15-24)21-10-5-6-11-22(21)28-3/h5-11,18H,4,12-17H2,1-3H3. The number of carbonyl (C=O) groups excluding carboxylic acids is 1. The number of aryl methyl sites for hydroxylation is 1. The molecule has 0 saturated carbocycles. The van der Waals surface area contributed by atoms with Crippen LogP contribution in [0, 0.1) is 6.92 Å². The summed E-state index contributed by atoms with van der Waals surface area (Å²) in [5.74, 6) is 1.11. The number of piperazine rings is 1. The van der Waals surface area contributed by atoms with Crippen molar-refractivity contribution in [2.45, 2.75) is 20.3 Å². The number of benzene rings is 2. The summed E-state index contributed by atoms with van der Waals surface area (Å²) in [7, 11) is 1.72. The summed E-state index contributed by atoms with van der Waals surface area (Å²) in [6.45, 7) is 9.41. The summed E-state index contributed by atoms with van der Waals surface area (Å²) in [5.41, 5.74) is 3.32. The zero-order valence-electron chi connectivity index (χ0n) is 17.2. The first-order valence-corrected chi connectivity index (χ1v) is 10.1. The first-order valence-electron chi connectivity index (χ1n) is 10.1. The molecule has 0 radical (unpaired) electrons. The zero-order valence-corrected chi connectivity index (χ0v) is 17.2. The van der Waals surface area contributed by atoms with E-state index in [0.29, 0.717) is 13.0 Å². The maximum atomic E-state index is 12.8. The van der Waals surface area contributed by atoms with Gasteiger partial charge in [0.25, 0.3) is 0 Å². The van der Waals surface area contributed by atoms with Gasteiger partial charge < -0.3 is 14.5 Å². The number of rotatable bonds is 7. The zero-order chi connectivity index (χ0) is 19.9. The number of nitrogens with zero attached hydrogens (tertiary/aromatic N) is 3. The number of carbonyl (C=O) groups is 1. The minimum Gasteiger partial charge on any atom is -0.495 e. The molecule has 5 nitrogen and oxygen atoms in total.